The highest BCUT2D eigenvalue weighted by atomic mass is 16.5. The van der Waals surface area contributed by atoms with E-state index in [0.29, 0.717) is 33.0 Å². The van der Waals surface area contributed by atoms with Crippen molar-refractivity contribution in [1.29, 1.82) is 0 Å². The normalized spacial score (nSPS) is 8.90. The maximum absolute atomic E-state index is 10.1. The van der Waals surface area contributed by atoms with Crippen LogP contribution in [0.3, 0.4) is 0 Å². The van der Waals surface area contributed by atoms with Crippen LogP contribution in [0.2, 0.25) is 0 Å². The predicted octanol–water partition coefficient (Wildman–Crippen LogP) is 1.38. The smallest absolute Gasteiger partial charge is 0.302 e. The highest BCUT2D eigenvalue weighted by molar-refractivity contribution is 5.65. The first-order chi connectivity index (χ1) is 9.60. The molecule has 0 aliphatic rings. The van der Waals surface area contributed by atoms with Gasteiger partial charge in [0.2, 0.25) is 0 Å². The van der Waals surface area contributed by atoms with Gasteiger partial charge in [0.05, 0.1) is 33.0 Å². The van der Waals surface area contributed by atoms with Gasteiger partial charge in [-0.3, -0.25) is 4.79 Å². The van der Waals surface area contributed by atoms with Gasteiger partial charge < -0.3 is 24.4 Å². The fourth-order valence-electron chi connectivity index (χ4n) is 0.778. The van der Waals surface area contributed by atoms with Crippen molar-refractivity contribution in [3.8, 4) is 0 Å². The molecule has 0 atom stereocenters. The van der Waals surface area contributed by atoms with Gasteiger partial charge in [0.25, 0.3) is 0 Å². The van der Waals surface area contributed by atoms with Crippen LogP contribution in [0.4, 0.5) is 0 Å². The van der Waals surface area contributed by atoms with Crippen molar-refractivity contribution in [3.63, 3.8) is 0 Å². The number of carbonyl (C=O) groups is 1. The molecular formula is C14H32O6. The van der Waals surface area contributed by atoms with Crippen LogP contribution >= 0.6 is 0 Å². The number of unbranched alkanes of at least 4 members (excludes halogenated alkanes) is 1. The summed E-state index contributed by atoms with van der Waals surface area (Å²) in [7, 11) is 0. The lowest BCUT2D eigenvalue weighted by Crippen LogP contribution is -1.99. The van der Waals surface area contributed by atoms with Gasteiger partial charge in [-0.25, -0.2) is 0 Å². The molecule has 0 heterocycles. The van der Waals surface area contributed by atoms with E-state index in [-0.39, 0.29) is 19.2 Å². The van der Waals surface area contributed by atoms with Crippen molar-refractivity contribution in [2.24, 2.45) is 0 Å². The van der Waals surface area contributed by atoms with E-state index in [2.05, 4.69) is 11.7 Å². The molecule has 0 aliphatic carbocycles. The van der Waals surface area contributed by atoms with Gasteiger partial charge in [0, 0.05) is 20.1 Å². The number of aliphatic hydroxyl groups is 2. The van der Waals surface area contributed by atoms with E-state index in [4.69, 9.17) is 19.7 Å². The Labute approximate surface area is 123 Å². The quantitative estimate of drug-likeness (QED) is 0.494. The molecule has 2 N–H and O–H groups in total. The molecule has 0 aliphatic heterocycles. The minimum absolute atomic E-state index is 0.133. The Morgan fingerprint density at radius 2 is 1.35 bits per heavy atom. The Bertz CT molecular complexity index is 148. The van der Waals surface area contributed by atoms with Gasteiger partial charge in [-0.1, -0.05) is 13.3 Å². The zero-order valence-electron chi connectivity index (χ0n) is 13.4. The van der Waals surface area contributed by atoms with Crippen molar-refractivity contribution in [2.75, 3.05) is 46.2 Å². The number of esters is 1. The molecule has 0 aromatic carbocycles. The standard InChI is InChI=1S/C6H12O2.2C4H10O2/c1-3-4-5-8-6(2)7;2*1-2-6-4-3-5/h3-5H2,1-2H3;2*5H,2-4H2,1H3. The van der Waals surface area contributed by atoms with Crippen molar-refractivity contribution in [3.05, 3.63) is 0 Å². The van der Waals surface area contributed by atoms with Crippen molar-refractivity contribution in [1.82, 2.24) is 0 Å². The van der Waals surface area contributed by atoms with Gasteiger partial charge in [-0.2, -0.15) is 0 Å². The Kier molecular flexibility index (Phi) is 32.6. The summed E-state index contributed by atoms with van der Waals surface area (Å²) in [6.45, 7) is 10.5. The largest absolute Gasteiger partial charge is 0.466 e. The van der Waals surface area contributed by atoms with Crippen LogP contribution in [-0.2, 0) is 19.0 Å². The lowest BCUT2D eigenvalue weighted by molar-refractivity contribution is -0.141. The second-order valence-electron chi connectivity index (χ2n) is 3.53. The van der Waals surface area contributed by atoms with Crippen LogP contribution in [0, 0.1) is 0 Å². The highest BCUT2D eigenvalue weighted by Crippen LogP contribution is 1.86. The zero-order valence-corrected chi connectivity index (χ0v) is 13.4. The lowest BCUT2D eigenvalue weighted by atomic mass is 10.4. The molecule has 0 aromatic heterocycles. The van der Waals surface area contributed by atoms with Gasteiger partial charge in [0.1, 0.15) is 0 Å². The summed E-state index contributed by atoms with van der Waals surface area (Å²) in [4.78, 5) is 10.1. The summed E-state index contributed by atoms with van der Waals surface area (Å²) in [5, 5.41) is 16.1. The van der Waals surface area contributed by atoms with Crippen LogP contribution in [-0.4, -0.2) is 62.4 Å². The first-order valence-electron chi connectivity index (χ1n) is 7.11. The molecule has 0 saturated carbocycles. The van der Waals surface area contributed by atoms with Crippen LogP contribution in [0.5, 0.6) is 0 Å². The molecule has 0 rings (SSSR count). The molecule has 124 valence electrons. The summed E-state index contributed by atoms with van der Waals surface area (Å²) in [6, 6.07) is 0. The number of aliphatic hydroxyl groups excluding tert-OH is 2. The fourth-order valence-corrected chi connectivity index (χ4v) is 0.778. The Morgan fingerprint density at radius 3 is 1.55 bits per heavy atom. The molecule has 0 bridgehead atoms. The summed E-state index contributed by atoms with van der Waals surface area (Å²) < 4.78 is 14.1. The number of ether oxygens (including phenoxy) is 3. The molecule has 0 aromatic rings. The van der Waals surface area contributed by atoms with Crippen molar-refractivity contribution < 1.29 is 29.2 Å². The number of hydrogen-bond donors (Lipinski definition) is 2. The van der Waals surface area contributed by atoms with E-state index >= 15 is 0 Å². The summed E-state index contributed by atoms with van der Waals surface area (Å²) in [5.74, 6) is -0.182. The second kappa shape index (κ2) is 26.8. The number of carbonyl (C=O) groups excluding carboxylic acids is 1. The molecule has 0 spiro atoms. The van der Waals surface area contributed by atoms with E-state index in [1.807, 2.05) is 13.8 Å². The second-order valence-corrected chi connectivity index (χ2v) is 3.53. The topological polar surface area (TPSA) is 85.2 Å². The van der Waals surface area contributed by atoms with Gasteiger partial charge in [0.15, 0.2) is 0 Å². The summed E-state index contributed by atoms with van der Waals surface area (Å²) >= 11 is 0. The molecule has 20 heavy (non-hydrogen) atoms. The third-order valence-corrected chi connectivity index (χ3v) is 1.68. The highest BCUT2D eigenvalue weighted by Gasteiger charge is 1.88. The Balaban J connectivity index is -0.000000221. The van der Waals surface area contributed by atoms with Gasteiger partial charge in [-0.15, -0.1) is 0 Å². The first-order valence-corrected chi connectivity index (χ1v) is 7.11. The summed E-state index contributed by atoms with van der Waals surface area (Å²) in [6.07, 6.45) is 2.05. The average molecular weight is 296 g/mol. The summed E-state index contributed by atoms with van der Waals surface area (Å²) in [5.41, 5.74) is 0. The SMILES string of the molecule is CCCCOC(C)=O.CCOCCO.CCOCCO. The molecule has 0 amide bonds. The maximum atomic E-state index is 10.1. The number of rotatable bonds is 9. The van der Waals surface area contributed by atoms with Crippen LogP contribution in [0.1, 0.15) is 40.5 Å². The molecule has 0 unspecified atom stereocenters. The fraction of sp³-hybridized carbons (Fsp3) is 0.929. The van der Waals surface area contributed by atoms with E-state index in [9.17, 15) is 4.79 Å². The maximum Gasteiger partial charge on any atom is 0.302 e. The minimum atomic E-state index is -0.182. The zero-order chi connectivity index (χ0) is 16.1. The van der Waals surface area contributed by atoms with Gasteiger partial charge in [-0.05, 0) is 20.3 Å². The minimum Gasteiger partial charge on any atom is -0.466 e. The van der Waals surface area contributed by atoms with Crippen molar-refractivity contribution >= 4 is 5.97 Å². The third-order valence-electron chi connectivity index (χ3n) is 1.68. The molecule has 0 fully saturated rings. The monoisotopic (exact) mass is 296 g/mol. The van der Waals surface area contributed by atoms with Gasteiger partial charge >= 0.3 is 5.97 Å². The third kappa shape index (κ3) is 43.3. The lowest BCUT2D eigenvalue weighted by Gasteiger charge is -1.96. The van der Waals surface area contributed by atoms with Crippen LogP contribution < -0.4 is 0 Å². The first kappa shape index (κ1) is 24.3. The van der Waals surface area contributed by atoms with Crippen molar-refractivity contribution in [2.45, 2.75) is 40.5 Å². The molecule has 0 radical (unpaired) electrons. The molecule has 0 saturated heterocycles. The predicted molar refractivity (Wildman–Crippen MR) is 78.7 cm³/mol. The van der Waals surface area contributed by atoms with Crippen LogP contribution in [0.25, 0.3) is 0 Å². The Morgan fingerprint density at radius 1 is 0.900 bits per heavy atom. The van der Waals surface area contributed by atoms with E-state index in [0.717, 1.165) is 12.8 Å². The van der Waals surface area contributed by atoms with E-state index in [1.54, 1.807) is 0 Å². The van der Waals surface area contributed by atoms with E-state index < -0.39 is 0 Å². The average Bonchev–Trinajstić information content (AvgIpc) is 2.44. The molecule has 6 nitrogen and oxygen atoms in total. The molecular weight excluding hydrogens is 264 g/mol. The van der Waals surface area contributed by atoms with Crippen LogP contribution in [0.15, 0.2) is 0 Å². The molecule has 6 heteroatoms. The van der Waals surface area contributed by atoms with E-state index in [1.165, 1.54) is 6.92 Å². The Hall–Kier alpha value is -0.690. The number of hydrogen-bond acceptors (Lipinski definition) is 6.